The summed E-state index contributed by atoms with van der Waals surface area (Å²) < 4.78 is 0. The highest BCUT2D eigenvalue weighted by molar-refractivity contribution is 5.91. The predicted octanol–water partition coefficient (Wildman–Crippen LogP) is 2.42. The van der Waals surface area contributed by atoms with Crippen molar-refractivity contribution in [1.29, 1.82) is 0 Å². The highest BCUT2D eigenvalue weighted by Gasteiger charge is 2.27. The Hall–Kier alpha value is -2.87. The minimum absolute atomic E-state index is 0.123. The number of hydroxylamine groups is 1. The SMILES string of the molecule is CCCCCC[C@H](CC(=O)NO)C(=O)N[C@@H](Cc1c[nH]c2ccccc12)C(=O)NC. The first-order chi connectivity index (χ1) is 14.5. The summed E-state index contributed by atoms with van der Waals surface area (Å²) in [5.41, 5.74) is 3.48. The van der Waals surface area contributed by atoms with Crippen molar-refractivity contribution < 1.29 is 19.6 Å². The van der Waals surface area contributed by atoms with Crippen LogP contribution in [0.25, 0.3) is 10.9 Å². The average molecular weight is 417 g/mol. The van der Waals surface area contributed by atoms with Crippen LogP contribution < -0.4 is 16.1 Å². The van der Waals surface area contributed by atoms with Gasteiger partial charge in [0.15, 0.2) is 0 Å². The van der Waals surface area contributed by atoms with Crippen LogP contribution >= 0.6 is 0 Å². The summed E-state index contributed by atoms with van der Waals surface area (Å²) in [5, 5.41) is 15.3. The number of amides is 3. The van der Waals surface area contributed by atoms with E-state index >= 15 is 0 Å². The molecule has 1 heterocycles. The number of hydrogen-bond donors (Lipinski definition) is 5. The number of aromatic nitrogens is 1. The molecule has 2 aromatic rings. The number of carbonyl (C=O) groups is 3. The summed E-state index contributed by atoms with van der Waals surface area (Å²) in [6.45, 7) is 2.10. The van der Waals surface area contributed by atoms with E-state index in [2.05, 4.69) is 22.5 Å². The molecule has 0 saturated carbocycles. The maximum absolute atomic E-state index is 12.9. The van der Waals surface area contributed by atoms with E-state index in [1.807, 2.05) is 30.5 Å². The molecule has 2 rings (SSSR count). The first-order valence-electron chi connectivity index (χ1n) is 10.5. The monoisotopic (exact) mass is 416 g/mol. The number of aromatic amines is 1. The van der Waals surface area contributed by atoms with E-state index < -0.39 is 17.9 Å². The highest BCUT2D eigenvalue weighted by Crippen LogP contribution is 2.20. The lowest BCUT2D eigenvalue weighted by atomic mass is 9.95. The molecule has 8 heteroatoms. The van der Waals surface area contributed by atoms with Crippen LogP contribution in [0, 0.1) is 5.92 Å². The van der Waals surface area contributed by atoms with E-state index in [0.717, 1.165) is 42.1 Å². The summed E-state index contributed by atoms with van der Waals surface area (Å²) in [6.07, 6.45) is 6.46. The molecule has 3 amide bonds. The molecule has 1 aromatic carbocycles. The fourth-order valence-corrected chi connectivity index (χ4v) is 3.61. The topological polar surface area (TPSA) is 123 Å². The number of fused-ring (bicyclic) bond motifs is 1. The summed E-state index contributed by atoms with van der Waals surface area (Å²) in [5.74, 6) is -1.88. The molecule has 1 aromatic heterocycles. The van der Waals surface area contributed by atoms with Crippen LogP contribution in [-0.2, 0) is 20.8 Å². The molecule has 0 bridgehead atoms. The van der Waals surface area contributed by atoms with Crippen molar-refractivity contribution in [3.8, 4) is 0 Å². The van der Waals surface area contributed by atoms with E-state index in [9.17, 15) is 14.4 Å². The average Bonchev–Trinajstić information content (AvgIpc) is 3.17. The first-order valence-corrected chi connectivity index (χ1v) is 10.5. The lowest BCUT2D eigenvalue weighted by Crippen LogP contribution is -2.49. The van der Waals surface area contributed by atoms with Crippen LogP contribution in [0.5, 0.6) is 0 Å². The summed E-state index contributed by atoms with van der Waals surface area (Å²) in [6, 6.07) is 7.00. The molecule has 0 aliphatic rings. The van der Waals surface area contributed by atoms with Gasteiger partial charge >= 0.3 is 0 Å². The Labute approximate surface area is 176 Å². The zero-order valence-electron chi connectivity index (χ0n) is 17.7. The van der Waals surface area contributed by atoms with E-state index in [1.54, 1.807) is 5.48 Å². The van der Waals surface area contributed by atoms with Crippen LogP contribution in [0.2, 0.25) is 0 Å². The van der Waals surface area contributed by atoms with Crippen LogP contribution in [0.1, 0.15) is 51.0 Å². The maximum Gasteiger partial charge on any atom is 0.244 e. The molecule has 164 valence electrons. The van der Waals surface area contributed by atoms with E-state index in [1.165, 1.54) is 7.05 Å². The number of rotatable bonds is 12. The van der Waals surface area contributed by atoms with Crippen molar-refractivity contribution in [3.05, 3.63) is 36.0 Å². The van der Waals surface area contributed by atoms with Crippen LogP contribution in [0.15, 0.2) is 30.5 Å². The Balaban J connectivity index is 2.12. The van der Waals surface area contributed by atoms with Crippen molar-refractivity contribution in [2.24, 2.45) is 5.92 Å². The third kappa shape index (κ3) is 6.59. The second-order valence-corrected chi connectivity index (χ2v) is 7.52. The normalized spacial score (nSPS) is 12.9. The van der Waals surface area contributed by atoms with Gasteiger partial charge in [0.1, 0.15) is 6.04 Å². The van der Waals surface area contributed by atoms with Crippen LogP contribution in [0.3, 0.4) is 0 Å². The first kappa shape index (κ1) is 23.4. The van der Waals surface area contributed by atoms with Crippen molar-refractivity contribution >= 4 is 28.6 Å². The molecule has 0 radical (unpaired) electrons. The number of para-hydroxylation sites is 1. The number of likely N-dealkylation sites (N-methyl/N-ethyl adjacent to an activating group) is 1. The molecule has 0 spiro atoms. The van der Waals surface area contributed by atoms with Gasteiger partial charge in [-0.3, -0.25) is 19.6 Å². The Morgan fingerprint density at radius 1 is 1.10 bits per heavy atom. The molecule has 0 saturated heterocycles. The summed E-state index contributed by atoms with van der Waals surface area (Å²) in [4.78, 5) is 40.2. The van der Waals surface area contributed by atoms with Gasteiger partial charge in [0, 0.05) is 42.9 Å². The zero-order chi connectivity index (χ0) is 21.9. The highest BCUT2D eigenvalue weighted by atomic mass is 16.5. The number of carbonyl (C=O) groups excluding carboxylic acids is 3. The van der Waals surface area contributed by atoms with E-state index in [0.29, 0.717) is 12.8 Å². The maximum atomic E-state index is 12.9. The number of H-pyrrole nitrogens is 1. The zero-order valence-corrected chi connectivity index (χ0v) is 17.7. The molecule has 2 atom stereocenters. The van der Waals surface area contributed by atoms with Crippen molar-refractivity contribution in [2.75, 3.05) is 7.05 Å². The van der Waals surface area contributed by atoms with Crippen molar-refractivity contribution in [3.63, 3.8) is 0 Å². The standard InChI is InChI=1S/C22H32N4O4/c1-3-4-5-6-9-15(13-20(27)26-30)21(28)25-19(22(29)23-2)12-16-14-24-18-11-8-7-10-17(16)18/h7-8,10-11,14-15,19,24,30H,3-6,9,12-13H2,1-2H3,(H,23,29)(H,25,28)(H,26,27)/t15-,19+/m1/s1. The minimum Gasteiger partial charge on any atom is -0.361 e. The van der Waals surface area contributed by atoms with Gasteiger partial charge in [-0.15, -0.1) is 0 Å². The quantitative estimate of drug-likeness (QED) is 0.207. The second-order valence-electron chi connectivity index (χ2n) is 7.52. The van der Waals surface area contributed by atoms with Crippen LogP contribution in [-0.4, -0.2) is 41.0 Å². The number of hydrogen-bond acceptors (Lipinski definition) is 4. The van der Waals surface area contributed by atoms with Gasteiger partial charge in [0.05, 0.1) is 0 Å². The van der Waals surface area contributed by atoms with Gasteiger partial charge in [-0.25, -0.2) is 5.48 Å². The Kier molecular flexibility index (Phi) is 9.34. The summed E-state index contributed by atoms with van der Waals surface area (Å²) >= 11 is 0. The molecule has 8 nitrogen and oxygen atoms in total. The number of benzene rings is 1. The van der Waals surface area contributed by atoms with Crippen molar-refractivity contribution in [2.45, 2.75) is 57.9 Å². The van der Waals surface area contributed by atoms with Gasteiger partial charge in [-0.05, 0) is 18.1 Å². The largest absolute Gasteiger partial charge is 0.361 e. The fraction of sp³-hybridized carbons (Fsp3) is 0.500. The molecule has 0 aliphatic heterocycles. The van der Waals surface area contributed by atoms with Gasteiger partial charge in [0.25, 0.3) is 0 Å². The van der Waals surface area contributed by atoms with E-state index in [-0.39, 0.29) is 18.2 Å². The van der Waals surface area contributed by atoms with Gasteiger partial charge in [0.2, 0.25) is 17.7 Å². The predicted molar refractivity (Wildman–Crippen MR) is 115 cm³/mol. The lowest BCUT2D eigenvalue weighted by molar-refractivity contribution is -0.136. The Morgan fingerprint density at radius 3 is 2.57 bits per heavy atom. The third-order valence-electron chi connectivity index (χ3n) is 5.31. The third-order valence-corrected chi connectivity index (χ3v) is 5.31. The molecule has 0 fully saturated rings. The number of nitrogens with one attached hydrogen (secondary N) is 4. The molecule has 0 unspecified atom stereocenters. The summed E-state index contributed by atoms with van der Waals surface area (Å²) in [7, 11) is 1.53. The van der Waals surface area contributed by atoms with Gasteiger partial charge < -0.3 is 15.6 Å². The molecular formula is C22H32N4O4. The molecule has 5 N–H and O–H groups in total. The van der Waals surface area contributed by atoms with Gasteiger partial charge in [-0.2, -0.15) is 0 Å². The molecular weight excluding hydrogens is 384 g/mol. The molecule has 30 heavy (non-hydrogen) atoms. The van der Waals surface area contributed by atoms with E-state index in [4.69, 9.17) is 5.21 Å². The Morgan fingerprint density at radius 2 is 1.87 bits per heavy atom. The van der Waals surface area contributed by atoms with Crippen LogP contribution in [0.4, 0.5) is 0 Å². The second kappa shape index (κ2) is 12.0. The minimum atomic E-state index is -0.767. The number of unbranched alkanes of at least 4 members (excludes halogenated alkanes) is 3. The lowest BCUT2D eigenvalue weighted by Gasteiger charge is -2.21. The van der Waals surface area contributed by atoms with Gasteiger partial charge in [-0.1, -0.05) is 50.8 Å². The molecule has 0 aliphatic carbocycles. The smallest absolute Gasteiger partial charge is 0.244 e. The fourth-order valence-electron chi connectivity index (χ4n) is 3.61. The van der Waals surface area contributed by atoms with Crippen molar-refractivity contribution in [1.82, 2.24) is 21.1 Å². The Bertz CT molecular complexity index is 849.